The second-order valence-corrected chi connectivity index (χ2v) is 8.40. The molecule has 5 rings (SSSR count). The number of amides is 2. The number of aromatic nitrogens is 4. The molecule has 1 aliphatic rings. The van der Waals surface area contributed by atoms with Gasteiger partial charge in [-0.2, -0.15) is 10.2 Å². The number of carbonyl (C=O) groups excluding carboxylic acids is 1. The average Bonchev–Trinajstić information content (AvgIpc) is 3.59. The number of rotatable bonds is 6. The van der Waals surface area contributed by atoms with Gasteiger partial charge in [-0.05, 0) is 23.8 Å². The van der Waals surface area contributed by atoms with E-state index >= 15 is 0 Å². The molecule has 4 aromatic rings. The number of hydrogen-bond donors (Lipinski definition) is 2. The molecule has 2 aromatic heterocycles. The maximum Gasteiger partial charge on any atom is 0.346 e. The summed E-state index contributed by atoms with van der Waals surface area (Å²) < 4.78 is 26.1. The minimum Gasteiger partial charge on any atom is -0.321 e. The number of hydroxylamine groups is 2. The van der Waals surface area contributed by atoms with E-state index in [1.807, 2.05) is 36.4 Å². The maximum absolute atomic E-state index is 12.9. The zero-order chi connectivity index (χ0) is 26.3. The maximum atomic E-state index is 12.9. The Morgan fingerprint density at radius 3 is 2.61 bits per heavy atom. The van der Waals surface area contributed by atoms with Gasteiger partial charge in [0.05, 0.1) is 30.1 Å². The average molecular weight is 516 g/mol. The van der Waals surface area contributed by atoms with Gasteiger partial charge in [0.25, 0.3) is 6.43 Å². The molecule has 192 valence electrons. The van der Waals surface area contributed by atoms with Crippen molar-refractivity contribution in [1.82, 2.24) is 24.8 Å². The van der Waals surface area contributed by atoms with E-state index < -0.39 is 13.0 Å². The summed E-state index contributed by atoms with van der Waals surface area (Å²) in [6.07, 6.45) is 4.20. The van der Waals surface area contributed by atoms with Gasteiger partial charge in [0.15, 0.2) is 0 Å². The van der Waals surface area contributed by atoms with Gasteiger partial charge < -0.3 is 10.6 Å². The summed E-state index contributed by atoms with van der Waals surface area (Å²) in [6, 6.07) is 16.5. The molecule has 1 aliphatic heterocycles. The highest BCUT2D eigenvalue weighted by Crippen LogP contribution is 2.30. The van der Waals surface area contributed by atoms with E-state index in [-0.39, 0.29) is 18.0 Å². The summed E-state index contributed by atoms with van der Waals surface area (Å²) in [5.41, 5.74) is 3.38. The Kier molecular flexibility index (Phi) is 7.52. The first kappa shape index (κ1) is 24.9. The normalized spacial score (nSPS) is 14.7. The molecule has 2 amide bonds. The molecule has 9 nitrogen and oxygen atoms in total. The van der Waals surface area contributed by atoms with Crippen LogP contribution < -0.4 is 10.6 Å². The predicted molar refractivity (Wildman–Crippen MR) is 137 cm³/mol. The Morgan fingerprint density at radius 2 is 1.82 bits per heavy atom. The molecule has 2 N–H and O–H groups in total. The second-order valence-electron chi connectivity index (χ2n) is 8.40. The van der Waals surface area contributed by atoms with Crippen molar-refractivity contribution in [3.8, 4) is 11.8 Å². The van der Waals surface area contributed by atoms with Gasteiger partial charge >= 0.3 is 6.03 Å². The van der Waals surface area contributed by atoms with Crippen LogP contribution in [-0.2, 0) is 11.4 Å². The van der Waals surface area contributed by atoms with E-state index in [1.165, 1.54) is 17.5 Å². The lowest BCUT2D eigenvalue weighted by atomic mass is 10.1. The molecular formula is C27H23F2N7O2. The van der Waals surface area contributed by atoms with Crippen molar-refractivity contribution >= 4 is 23.4 Å². The molecule has 0 spiro atoms. The number of alkyl halides is 2. The molecule has 0 bridgehead atoms. The molecule has 1 atom stereocenters. The lowest BCUT2D eigenvalue weighted by Crippen LogP contribution is -2.33. The van der Waals surface area contributed by atoms with Crippen LogP contribution in [0.4, 0.5) is 30.9 Å². The third kappa shape index (κ3) is 6.29. The minimum absolute atomic E-state index is 0.148. The number of hydrogen-bond acceptors (Lipinski definition) is 6. The second kappa shape index (κ2) is 11.5. The van der Waals surface area contributed by atoms with Crippen LogP contribution in [0.15, 0.2) is 79.4 Å². The Hall–Kier alpha value is -4.82. The molecular weight excluding hydrogens is 492 g/mol. The van der Waals surface area contributed by atoms with Gasteiger partial charge in [0, 0.05) is 36.3 Å². The molecule has 2 aromatic carbocycles. The molecule has 1 saturated heterocycles. The number of urea groups is 1. The van der Waals surface area contributed by atoms with Crippen LogP contribution in [0.1, 0.15) is 29.2 Å². The monoisotopic (exact) mass is 515 g/mol. The first-order chi connectivity index (χ1) is 18.5. The molecule has 0 radical (unpaired) electrons. The Balaban J connectivity index is 1.20. The highest BCUT2D eigenvalue weighted by molar-refractivity contribution is 5.89. The van der Waals surface area contributed by atoms with Crippen LogP contribution in [0.25, 0.3) is 0 Å². The molecule has 11 heteroatoms. The molecule has 0 saturated carbocycles. The van der Waals surface area contributed by atoms with E-state index in [2.05, 4.69) is 37.5 Å². The highest BCUT2D eigenvalue weighted by Gasteiger charge is 2.31. The van der Waals surface area contributed by atoms with Crippen LogP contribution in [0.3, 0.4) is 0 Å². The molecule has 0 unspecified atom stereocenters. The SMILES string of the molecule is O=C(Nc1cccc(C#Cc2cnc(Nc3cnn(CC(F)F)c3)nc2)c1)N1OCC[C@H]1c1ccccc1. The number of nitrogens with one attached hydrogen (secondary N) is 2. The molecule has 3 heterocycles. The molecule has 0 aliphatic carbocycles. The van der Waals surface area contributed by atoms with Crippen molar-refractivity contribution in [3.05, 3.63) is 96.1 Å². The fraction of sp³-hybridized carbons (Fsp3) is 0.185. The van der Waals surface area contributed by atoms with Crippen LogP contribution in [0.2, 0.25) is 0 Å². The van der Waals surface area contributed by atoms with Crippen molar-refractivity contribution in [3.63, 3.8) is 0 Å². The lowest BCUT2D eigenvalue weighted by molar-refractivity contribution is -0.0829. The van der Waals surface area contributed by atoms with Gasteiger partial charge in [-0.25, -0.2) is 23.5 Å². The lowest BCUT2D eigenvalue weighted by Gasteiger charge is -2.23. The fourth-order valence-corrected chi connectivity index (χ4v) is 3.90. The molecule has 38 heavy (non-hydrogen) atoms. The zero-order valence-corrected chi connectivity index (χ0v) is 20.1. The van der Waals surface area contributed by atoms with Crippen molar-refractivity contribution in [2.24, 2.45) is 0 Å². The van der Waals surface area contributed by atoms with Crippen molar-refractivity contribution in [2.45, 2.75) is 25.4 Å². The standard InChI is InChI=1S/C27H23F2N7O2/c28-25(29)18-35-17-23(16-32-35)33-26-30-14-20(15-31-26)10-9-19-5-4-8-22(13-19)34-27(37)36-24(11-12-38-36)21-6-2-1-3-7-21/h1-8,13-17,24-25H,11-12,18H2,(H,34,37)(H,30,31,33)/t24-/m0/s1. The Bertz CT molecular complexity index is 1450. The number of benzene rings is 2. The zero-order valence-electron chi connectivity index (χ0n) is 20.1. The van der Waals surface area contributed by atoms with Gasteiger partial charge in [0.2, 0.25) is 5.95 Å². The van der Waals surface area contributed by atoms with Crippen molar-refractivity contribution in [2.75, 3.05) is 17.2 Å². The fourth-order valence-electron chi connectivity index (χ4n) is 3.90. The van der Waals surface area contributed by atoms with Crippen molar-refractivity contribution in [1.29, 1.82) is 0 Å². The smallest absolute Gasteiger partial charge is 0.321 e. The van der Waals surface area contributed by atoms with Crippen LogP contribution in [0.5, 0.6) is 0 Å². The number of halogens is 2. The van der Waals surface area contributed by atoms with E-state index in [0.29, 0.717) is 29.1 Å². The highest BCUT2D eigenvalue weighted by atomic mass is 19.3. The van der Waals surface area contributed by atoms with Gasteiger partial charge in [-0.3, -0.25) is 9.52 Å². The van der Waals surface area contributed by atoms with E-state index in [0.717, 1.165) is 16.7 Å². The first-order valence-corrected chi connectivity index (χ1v) is 11.8. The third-order valence-corrected chi connectivity index (χ3v) is 5.62. The Morgan fingerprint density at radius 1 is 1.03 bits per heavy atom. The quantitative estimate of drug-likeness (QED) is 0.351. The largest absolute Gasteiger partial charge is 0.346 e. The summed E-state index contributed by atoms with van der Waals surface area (Å²) in [5, 5.41) is 11.0. The minimum atomic E-state index is -2.49. The van der Waals surface area contributed by atoms with Crippen LogP contribution in [0, 0.1) is 11.8 Å². The topological polar surface area (TPSA) is 97.2 Å². The summed E-state index contributed by atoms with van der Waals surface area (Å²) in [7, 11) is 0. The molecule has 1 fully saturated rings. The van der Waals surface area contributed by atoms with E-state index in [4.69, 9.17) is 4.84 Å². The van der Waals surface area contributed by atoms with Crippen molar-refractivity contribution < 1.29 is 18.4 Å². The van der Waals surface area contributed by atoms with Crippen LogP contribution in [-0.4, -0.2) is 43.9 Å². The number of anilines is 3. The third-order valence-electron chi connectivity index (χ3n) is 5.62. The first-order valence-electron chi connectivity index (χ1n) is 11.8. The summed E-state index contributed by atoms with van der Waals surface area (Å²) in [5.74, 6) is 6.32. The number of nitrogens with zero attached hydrogens (tertiary/aromatic N) is 5. The summed E-state index contributed by atoms with van der Waals surface area (Å²) >= 11 is 0. The van der Waals surface area contributed by atoms with E-state index in [1.54, 1.807) is 30.6 Å². The Labute approximate surface area is 217 Å². The van der Waals surface area contributed by atoms with Crippen LogP contribution >= 0.6 is 0 Å². The van der Waals surface area contributed by atoms with Gasteiger partial charge in [-0.15, -0.1) is 0 Å². The number of carbonyl (C=O) groups is 1. The summed E-state index contributed by atoms with van der Waals surface area (Å²) in [6.45, 7) is -0.0145. The predicted octanol–water partition coefficient (Wildman–Crippen LogP) is 4.99. The summed E-state index contributed by atoms with van der Waals surface area (Å²) in [4.78, 5) is 26.9. The van der Waals surface area contributed by atoms with Gasteiger partial charge in [-0.1, -0.05) is 48.2 Å². The van der Waals surface area contributed by atoms with Gasteiger partial charge in [0.1, 0.15) is 6.54 Å². The van der Waals surface area contributed by atoms with E-state index in [9.17, 15) is 13.6 Å².